The van der Waals surface area contributed by atoms with Crippen LogP contribution >= 0.6 is 0 Å². The summed E-state index contributed by atoms with van der Waals surface area (Å²) in [5.41, 5.74) is 7.78. The number of nitrogens with one attached hydrogen (secondary N) is 1. The number of carbonyl (C=O) groups excluding carboxylic acids is 3. The number of aromatic nitrogens is 3. The van der Waals surface area contributed by atoms with E-state index in [2.05, 4.69) is 15.6 Å². The molecule has 12 nitrogen and oxygen atoms in total. The molecule has 3 aromatic carbocycles. The molecule has 2 amide bonds. The summed E-state index contributed by atoms with van der Waals surface area (Å²) in [6.45, 7) is 2.48. The van der Waals surface area contributed by atoms with E-state index in [4.69, 9.17) is 10.5 Å². The Bertz CT molecular complexity index is 1790. The number of allylic oxidation sites excluding steroid dienone is 1. The first-order valence-corrected chi connectivity index (χ1v) is 16.3. The number of benzene rings is 3. The number of nitrogen functional groups attached to an aromatic ring is 1. The Kier molecular flexibility index (Phi) is 11.2. The molecule has 0 aliphatic carbocycles. The fourth-order valence-electron chi connectivity index (χ4n) is 6.01. The number of nitrogens with two attached hydrogens (primary N) is 1. The molecule has 0 saturated carbocycles. The predicted molar refractivity (Wildman–Crippen MR) is 186 cm³/mol. The minimum Gasteiger partial charge on any atom is -0.469 e. The molecule has 0 spiro atoms. The quantitative estimate of drug-likeness (QED) is 0.0621. The number of aliphatic hydroxyl groups excluding tert-OH is 1. The molecule has 0 saturated heterocycles. The Labute approximate surface area is 285 Å². The molecule has 1 aromatic heterocycles. The van der Waals surface area contributed by atoms with E-state index < -0.39 is 17.4 Å². The summed E-state index contributed by atoms with van der Waals surface area (Å²) in [5, 5.41) is 33.5. The molecule has 1 aliphatic heterocycles. The van der Waals surface area contributed by atoms with Crippen LogP contribution in [0.25, 0.3) is 0 Å². The number of rotatable bonds is 15. The van der Waals surface area contributed by atoms with Crippen molar-refractivity contribution in [1.82, 2.24) is 15.0 Å². The number of hydrogen-bond acceptors (Lipinski definition) is 9. The van der Waals surface area contributed by atoms with Crippen LogP contribution in [0.5, 0.6) is 0 Å². The van der Waals surface area contributed by atoms with Crippen molar-refractivity contribution in [3.63, 3.8) is 0 Å². The van der Waals surface area contributed by atoms with Gasteiger partial charge >= 0.3 is 5.97 Å². The number of methoxy groups -OCH3 is 1. The minimum absolute atomic E-state index is 0.0940. The van der Waals surface area contributed by atoms with Crippen molar-refractivity contribution >= 4 is 34.8 Å². The summed E-state index contributed by atoms with van der Waals surface area (Å²) in [6, 6.07) is 21.2. The van der Waals surface area contributed by atoms with Crippen molar-refractivity contribution in [2.24, 2.45) is 5.92 Å². The van der Waals surface area contributed by atoms with E-state index in [-0.39, 0.29) is 30.8 Å². The lowest BCUT2D eigenvalue weighted by Crippen LogP contribution is -2.44. The summed E-state index contributed by atoms with van der Waals surface area (Å²) < 4.78 is 6.43. The Hall–Kier alpha value is -5.33. The monoisotopic (exact) mass is 666 g/mol. The molecule has 12 heteroatoms. The zero-order valence-corrected chi connectivity index (χ0v) is 27.7. The second kappa shape index (κ2) is 15.7. The van der Waals surface area contributed by atoms with Gasteiger partial charge in [-0.2, -0.15) is 0 Å². The number of carbonyl (C=O) groups is 3. The highest BCUT2D eigenvalue weighted by Crippen LogP contribution is 2.46. The van der Waals surface area contributed by atoms with E-state index in [9.17, 15) is 24.6 Å². The van der Waals surface area contributed by atoms with E-state index in [1.54, 1.807) is 65.0 Å². The summed E-state index contributed by atoms with van der Waals surface area (Å²) in [6.07, 6.45) is 7.33. The smallest absolute Gasteiger partial charge is 0.305 e. The molecule has 0 fully saturated rings. The first-order valence-electron chi connectivity index (χ1n) is 16.3. The number of aliphatic hydroxyl groups is 2. The van der Waals surface area contributed by atoms with Crippen LogP contribution < -0.4 is 16.0 Å². The lowest BCUT2D eigenvalue weighted by molar-refractivity contribution is -0.140. The maximum absolute atomic E-state index is 14.0. The highest BCUT2D eigenvalue weighted by atomic mass is 16.5. The van der Waals surface area contributed by atoms with Gasteiger partial charge in [-0.3, -0.25) is 19.1 Å². The van der Waals surface area contributed by atoms with Gasteiger partial charge in [0.15, 0.2) is 5.60 Å². The SMILES string of the molecule is COC(=O)CCCCN1C(=O)[C@](O)([C@H](C)/C=C/CCn2cc(C(CO)c3ccccc3)nn2)c2cc(NC(=O)c3ccc(N)cc3)ccc21. The van der Waals surface area contributed by atoms with Crippen LogP contribution in [0.15, 0.2) is 91.1 Å². The Morgan fingerprint density at radius 2 is 1.82 bits per heavy atom. The topological polar surface area (TPSA) is 173 Å². The van der Waals surface area contributed by atoms with E-state index >= 15 is 0 Å². The van der Waals surface area contributed by atoms with Crippen molar-refractivity contribution in [2.75, 3.05) is 36.2 Å². The van der Waals surface area contributed by atoms with Crippen molar-refractivity contribution in [3.05, 3.63) is 114 Å². The first kappa shape index (κ1) is 35.0. The number of nitrogens with zero attached hydrogens (tertiary/aromatic N) is 4. The Balaban J connectivity index is 1.31. The van der Waals surface area contributed by atoms with Crippen molar-refractivity contribution < 1.29 is 29.3 Å². The molecule has 2 heterocycles. The number of aryl methyl sites for hydroxylation is 1. The van der Waals surface area contributed by atoms with Crippen LogP contribution in [-0.4, -0.2) is 63.3 Å². The number of ether oxygens (including phenoxy) is 1. The summed E-state index contributed by atoms with van der Waals surface area (Å²) in [7, 11) is 1.34. The first-order chi connectivity index (χ1) is 23.6. The lowest BCUT2D eigenvalue weighted by atomic mass is 9.82. The van der Waals surface area contributed by atoms with Crippen molar-refractivity contribution in [2.45, 2.75) is 50.7 Å². The summed E-state index contributed by atoms with van der Waals surface area (Å²) in [4.78, 5) is 40.1. The molecular weight excluding hydrogens is 624 g/mol. The number of esters is 1. The number of hydrogen-bond donors (Lipinski definition) is 4. The molecule has 3 atom stereocenters. The van der Waals surface area contributed by atoms with E-state index in [1.165, 1.54) is 7.11 Å². The molecule has 5 rings (SSSR count). The van der Waals surface area contributed by atoms with Gasteiger partial charge in [-0.1, -0.05) is 54.6 Å². The van der Waals surface area contributed by atoms with Crippen LogP contribution in [-0.2, 0) is 26.5 Å². The van der Waals surface area contributed by atoms with Crippen LogP contribution in [0, 0.1) is 5.92 Å². The normalized spacial score (nSPS) is 16.8. The number of unbranched alkanes of at least 4 members (excludes halogenated alkanes) is 1. The minimum atomic E-state index is -1.90. The fraction of sp³-hybridized carbons (Fsp3) is 0.324. The maximum atomic E-state index is 14.0. The molecule has 4 aromatic rings. The standard InChI is InChI=1S/C37H42N6O6/c1-25(10-6-8-20-42-23-32(40-41-42)30(24-44)26-11-4-3-5-12-26)37(48)31-22-29(39-35(46)27-14-16-28(38)17-15-27)18-19-33(31)43(36(37)47)21-9-7-13-34(45)49-2/h3-6,10-12,14-19,22-23,25,30,44,48H,7-9,13,20-21,24,38H2,1-2H3,(H,39,46)/b10-6+/t25-,30?,37+/m1/s1. The van der Waals surface area contributed by atoms with Crippen molar-refractivity contribution in [1.29, 1.82) is 0 Å². The molecule has 1 unspecified atom stereocenters. The molecule has 256 valence electrons. The highest BCUT2D eigenvalue weighted by Gasteiger charge is 2.52. The van der Waals surface area contributed by atoms with E-state index in [0.717, 1.165) is 5.56 Å². The number of anilines is 3. The highest BCUT2D eigenvalue weighted by molar-refractivity contribution is 6.09. The summed E-state index contributed by atoms with van der Waals surface area (Å²) >= 11 is 0. The van der Waals surface area contributed by atoms with Crippen LogP contribution in [0.4, 0.5) is 17.1 Å². The van der Waals surface area contributed by atoms with Gasteiger partial charge in [0, 0.05) is 54.1 Å². The third-order valence-electron chi connectivity index (χ3n) is 8.85. The molecular formula is C37H42N6O6. The second-order valence-electron chi connectivity index (χ2n) is 12.1. The van der Waals surface area contributed by atoms with Gasteiger partial charge in [0.25, 0.3) is 11.8 Å². The maximum Gasteiger partial charge on any atom is 0.305 e. The summed E-state index contributed by atoms with van der Waals surface area (Å²) in [5.74, 6) is -2.07. The largest absolute Gasteiger partial charge is 0.469 e. The fourth-order valence-corrected chi connectivity index (χ4v) is 6.01. The zero-order chi connectivity index (χ0) is 35.0. The van der Waals surface area contributed by atoms with Gasteiger partial charge in [0.1, 0.15) is 0 Å². The Morgan fingerprint density at radius 3 is 2.53 bits per heavy atom. The third kappa shape index (κ3) is 7.87. The molecule has 0 radical (unpaired) electrons. The molecule has 49 heavy (non-hydrogen) atoms. The van der Waals surface area contributed by atoms with Gasteiger partial charge in [0.2, 0.25) is 0 Å². The molecule has 1 aliphatic rings. The second-order valence-corrected chi connectivity index (χ2v) is 12.1. The molecule has 5 N–H and O–H groups in total. The van der Waals surface area contributed by atoms with E-state index in [1.807, 2.05) is 42.6 Å². The van der Waals surface area contributed by atoms with Gasteiger partial charge < -0.3 is 30.9 Å². The van der Waals surface area contributed by atoms with Crippen LogP contribution in [0.2, 0.25) is 0 Å². The van der Waals surface area contributed by atoms with Crippen molar-refractivity contribution in [3.8, 4) is 0 Å². The lowest BCUT2D eigenvalue weighted by Gasteiger charge is -2.28. The third-order valence-corrected chi connectivity index (χ3v) is 8.85. The van der Waals surface area contributed by atoms with Crippen LogP contribution in [0.3, 0.4) is 0 Å². The Morgan fingerprint density at radius 1 is 1.06 bits per heavy atom. The van der Waals surface area contributed by atoms with Gasteiger partial charge in [-0.25, -0.2) is 0 Å². The number of fused-ring (bicyclic) bond motifs is 1. The van der Waals surface area contributed by atoms with Gasteiger partial charge in [-0.15, -0.1) is 5.10 Å². The average molecular weight is 667 g/mol. The van der Waals surface area contributed by atoms with Crippen LogP contribution in [0.1, 0.15) is 65.7 Å². The average Bonchev–Trinajstić information content (AvgIpc) is 3.66. The predicted octanol–water partition coefficient (Wildman–Crippen LogP) is 4.40. The molecule has 0 bridgehead atoms. The van der Waals surface area contributed by atoms with E-state index in [0.29, 0.717) is 66.2 Å². The number of amides is 2. The van der Waals surface area contributed by atoms with Gasteiger partial charge in [0.05, 0.1) is 31.0 Å². The van der Waals surface area contributed by atoms with Gasteiger partial charge in [-0.05, 0) is 67.3 Å². The zero-order valence-electron chi connectivity index (χ0n) is 27.7.